The standard InChI is InChI=1S/C12H19N5O2/c1-8(13)12(9-2-4-16-5-3-9)17(6-10(14)18)7-11(15)19/h2-5,8,12H,6-7,13H2,1H3,(H2,14,18)(H2,15,19). The summed E-state index contributed by atoms with van der Waals surface area (Å²) < 4.78 is 0. The van der Waals surface area contributed by atoms with Crippen molar-refractivity contribution in [3.8, 4) is 0 Å². The van der Waals surface area contributed by atoms with Gasteiger partial charge in [0.2, 0.25) is 11.8 Å². The first-order valence-electron chi connectivity index (χ1n) is 5.88. The number of hydrogen-bond donors (Lipinski definition) is 3. The van der Waals surface area contributed by atoms with E-state index in [0.29, 0.717) is 0 Å². The van der Waals surface area contributed by atoms with E-state index in [1.807, 2.05) is 0 Å². The van der Waals surface area contributed by atoms with Crippen LogP contribution in [0, 0.1) is 0 Å². The molecule has 6 N–H and O–H groups in total. The molecular weight excluding hydrogens is 246 g/mol. The minimum Gasteiger partial charge on any atom is -0.369 e. The third-order valence-corrected chi connectivity index (χ3v) is 2.66. The number of primary amides is 2. The fraction of sp³-hybridized carbons (Fsp3) is 0.417. The third-order valence-electron chi connectivity index (χ3n) is 2.66. The molecule has 0 aromatic carbocycles. The predicted molar refractivity (Wildman–Crippen MR) is 70.6 cm³/mol. The molecule has 0 fully saturated rings. The van der Waals surface area contributed by atoms with Crippen LogP contribution < -0.4 is 17.2 Å². The van der Waals surface area contributed by atoms with Crippen molar-refractivity contribution in [1.82, 2.24) is 9.88 Å². The third kappa shape index (κ3) is 4.65. The highest BCUT2D eigenvalue weighted by atomic mass is 16.2. The van der Waals surface area contributed by atoms with Gasteiger partial charge in [-0.1, -0.05) is 0 Å². The molecule has 0 aliphatic rings. The van der Waals surface area contributed by atoms with Crippen molar-refractivity contribution in [3.05, 3.63) is 30.1 Å². The molecule has 0 spiro atoms. The quantitative estimate of drug-likeness (QED) is 0.567. The van der Waals surface area contributed by atoms with Gasteiger partial charge >= 0.3 is 0 Å². The lowest BCUT2D eigenvalue weighted by atomic mass is 10.00. The Morgan fingerprint density at radius 3 is 2.05 bits per heavy atom. The highest BCUT2D eigenvalue weighted by Gasteiger charge is 2.26. The lowest BCUT2D eigenvalue weighted by Crippen LogP contribution is -2.47. The number of pyridine rings is 1. The van der Waals surface area contributed by atoms with Crippen LogP contribution in [-0.4, -0.2) is 40.8 Å². The van der Waals surface area contributed by atoms with Crippen LogP contribution in [-0.2, 0) is 9.59 Å². The summed E-state index contributed by atoms with van der Waals surface area (Å²) in [4.78, 5) is 27.7. The first kappa shape index (κ1) is 15.1. The van der Waals surface area contributed by atoms with E-state index < -0.39 is 11.8 Å². The van der Waals surface area contributed by atoms with Crippen LogP contribution in [0.4, 0.5) is 0 Å². The van der Waals surface area contributed by atoms with Crippen molar-refractivity contribution in [2.75, 3.05) is 13.1 Å². The van der Waals surface area contributed by atoms with Gasteiger partial charge in [-0.25, -0.2) is 0 Å². The summed E-state index contributed by atoms with van der Waals surface area (Å²) in [6.07, 6.45) is 3.24. The molecule has 2 amide bonds. The number of amides is 2. The van der Waals surface area contributed by atoms with Crippen LogP contribution in [0.3, 0.4) is 0 Å². The lowest BCUT2D eigenvalue weighted by molar-refractivity contribution is -0.123. The van der Waals surface area contributed by atoms with E-state index in [1.54, 1.807) is 36.4 Å². The minimum atomic E-state index is -0.541. The average Bonchev–Trinajstić information content (AvgIpc) is 2.28. The zero-order chi connectivity index (χ0) is 14.4. The Morgan fingerprint density at radius 1 is 1.21 bits per heavy atom. The molecular formula is C12H19N5O2. The summed E-state index contributed by atoms with van der Waals surface area (Å²) in [6.45, 7) is 1.62. The van der Waals surface area contributed by atoms with E-state index in [2.05, 4.69) is 4.98 Å². The van der Waals surface area contributed by atoms with Crippen LogP contribution in [0.5, 0.6) is 0 Å². The molecule has 2 unspecified atom stereocenters. The summed E-state index contributed by atoms with van der Waals surface area (Å²) >= 11 is 0. The van der Waals surface area contributed by atoms with Gasteiger partial charge in [0.05, 0.1) is 19.1 Å². The van der Waals surface area contributed by atoms with Gasteiger partial charge < -0.3 is 17.2 Å². The molecule has 2 atom stereocenters. The van der Waals surface area contributed by atoms with Crippen molar-refractivity contribution in [2.45, 2.75) is 19.0 Å². The van der Waals surface area contributed by atoms with E-state index in [-0.39, 0.29) is 25.2 Å². The molecule has 0 aliphatic heterocycles. The monoisotopic (exact) mass is 265 g/mol. The Hall–Kier alpha value is -1.99. The highest BCUT2D eigenvalue weighted by Crippen LogP contribution is 2.22. The lowest BCUT2D eigenvalue weighted by Gasteiger charge is -2.32. The number of carbonyl (C=O) groups excluding carboxylic acids is 2. The maximum atomic E-state index is 11.1. The van der Waals surface area contributed by atoms with Gasteiger partial charge in [0.15, 0.2) is 0 Å². The maximum absolute atomic E-state index is 11.1. The van der Waals surface area contributed by atoms with Gasteiger partial charge in [-0.15, -0.1) is 0 Å². The van der Waals surface area contributed by atoms with Gasteiger partial charge in [-0.05, 0) is 24.6 Å². The number of carbonyl (C=O) groups is 2. The van der Waals surface area contributed by atoms with Gasteiger partial charge in [-0.3, -0.25) is 19.5 Å². The Kier molecular flexibility index (Phi) is 5.40. The first-order valence-corrected chi connectivity index (χ1v) is 5.88. The summed E-state index contributed by atoms with van der Waals surface area (Å²) in [5.41, 5.74) is 17.2. The van der Waals surface area contributed by atoms with Crippen LogP contribution >= 0.6 is 0 Å². The molecule has 104 valence electrons. The highest BCUT2D eigenvalue weighted by molar-refractivity contribution is 5.79. The fourth-order valence-corrected chi connectivity index (χ4v) is 2.06. The summed E-state index contributed by atoms with van der Waals surface area (Å²) in [7, 11) is 0. The number of rotatable bonds is 7. The van der Waals surface area contributed by atoms with Crippen molar-refractivity contribution in [2.24, 2.45) is 17.2 Å². The molecule has 1 heterocycles. The number of nitrogens with two attached hydrogens (primary N) is 3. The Bertz CT molecular complexity index is 419. The van der Waals surface area contributed by atoms with E-state index >= 15 is 0 Å². The van der Waals surface area contributed by atoms with Crippen LogP contribution in [0.2, 0.25) is 0 Å². The van der Waals surface area contributed by atoms with Crippen LogP contribution in [0.1, 0.15) is 18.5 Å². The molecule has 0 saturated carbocycles. The maximum Gasteiger partial charge on any atom is 0.231 e. The van der Waals surface area contributed by atoms with Crippen molar-refractivity contribution in [3.63, 3.8) is 0 Å². The summed E-state index contributed by atoms with van der Waals surface area (Å²) in [5, 5.41) is 0. The Morgan fingerprint density at radius 2 is 1.68 bits per heavy atom. The topological polar surface area (TPSA) is 128 Å². The van der Waals surface area contributed by atoms with E-state index in [0.717, 1.165) is 5.56 Å². The second-order valence-electron chi connectivity index (χ2n) is 4.42. The van der Waals surface area contributed by atoms with Crippen molar-refractivity contribution >= 4 is 11.8 Å². The summed E-state index contributed by atoms with van der Waals surface area (Å²) in [6, 6.07) is 2.93. The SMILES string of the molecule is CC(N)C(c1ccncc1)N(CC(N)=O)CC(N)=O. The zero-order valence-corrected chi connectivity index (χ0v) is 10.8. The molecule has 19 heavy (non-hydrogen) atoms. The Balaban J connectivity index is 3.04. The van der Waals surface area contributed by atoms with Gasteiger partial charge in [-0.2, -0.15) is 0 Å². The molecule has 0 saturated heterocycles. The number of hydrogen-bond acceptors (Lipinski definition) is 5. The van der Waals surface area contributed by atoms with Gasteiger partial charge in [0, 0.05) is 18.4 Å². The molecule has 1 aromatic rings. The Labute approximate surface area is 111 Å². The van der Waals surface area contributed by atoms with Gasteiger partial charge in [0.25, 0.3) is 0 Å². The summed E-state index contributed by atoms with van der Waals surface area (Å²) in [5.74, 6) is -1.08. The number of nitrogens with zero attached hydrogens (tertiary/aromatic N) is 2. The zero-order valence-electron chi connectivity index (χ0n) is 10.8. The predicted octanol–water partition coefficient (Wildman–Crippen LogP) is -1.26. The number of aromatic nitrogens is 1. The minimum absolute atomic E-state index is 0.0858. The van der Waals surface area contributed by atoms with E-state index in [1.165, 1.54) is 0 Å². The van der Waals surface area contributed by atoms with Gasteiger partial charge in [0.1, 0.15) is 0 Å². The second-order valence-corrected chi connectivity index (χ2v) is 4.42. The van der Waals surface area contributed by atoms with Crippen LogP contribution in [0.15, 0.2) is 24.5 Å². The molecule has 7 nitrogen and oxygen atoms in total. The van der Waals surface area contributed by atoms with E-state index in [9.17, 15) is 9.59 Å². The average molecular weight is 265 g/mol. The normalized spacial score (nSPS) is 14.1. The van der Waals surface area contributed by atoms with Crippen molar-refractivity contribution < 1.29 is 9.59 Å². The molecule has 7 heteroatoms. The smallest absolute Gasteiger partial charge is 0.231 e. The van der Waals surface area contributed by atoms with Crippen molar-refractivity contribution in [1.29, 1.82) is 0 Å². The molecule has 1 aromatic heterocycles. The molecule has 0 bridgehead atoms. The second kappa shape index (κ2) is 6.81. The molecule has 1 rings (SSSR count). The first-order chi connectivity index (χ1) is 8.91. The fourth-order valence-electron chi connectivity index (χ4n) is 2.06. The largest absolute Gasteiger partial charge is 0.369 e. The molecule has 0 aliphatic carbocycles. The van der Waals surface area contributed by atoms with E-state index in [4.69, 9.17) is 17.2 Å². The molecule has 0 radical (unpaired) electrons. The van der Waals surface area contributed by atoms with Crippen LogP contribution in [0.25, 0.3) is 0 Å².